The molecule has 6 rings (SSSR count). The van der Waals surface area contributed by atoms with E-state index in [0.29, 0.717) is 22.9 Å². The van der Waals surface area contributed by atoms with Gasteiger partial charge in [-0.05, 0) is 42.0 Å². The van der Waals surface area contributed by atoms with Crippen molar-refractivity contribution < 1.29 is 19.1 Å². The highest BCUT2D eigenvalue weighted by atomic mass is 16.5. The van der Waals surface area contributed by atoms with E-state index in [-0.39, 0.29) is 30.4 Å². The third kappa shape index (κ3) is 4.27. The molecule has 1 aromatic carbocycles. The lowest BCUT2D eigenvalue weighted by Crippen LogP contribution is -2.55. The number of pyridine rings is 2. The number of hydrogen-bond acceptors (Lipinski definition) is 7. The number of carbonyl (C=O) groups excluding carboxylic acids is 3. The number of aromatic amines is 1. The molecule has 11 nitrogen and oxygen atoms in total. The fourth-order valence-corrected chi connectivity index (χ4v) is 5.45. The number of benzene rings is 1. The molecule has 3 amide bonds. The first kappa shape index (κ1) is 24.6. The van der Waals surface area contributed by atoms with Crippen molar-refractivity contribution in [3.63, 3.8) is 0 Å². The number of carbonyl (C=O) groups is 3. The molecule has 2 fully saturated rings. The fourth-order valence-electron chi connectivity index (χ4n) is 5.45. The minimum absolute atomic E-state index is 0.0127. The van der Waals surface area contributed by atoms with Crippen LogP contribution >= 0.6 is 0 Å². The largest absolute Gasteiger partial charge is 0.472 e. The average Bonchev–Trinajstić information content (AvgIpc) is 3.70. The molecule has 198 valence electrons. The zero-order chi connectivity index (χ0) is 27.3. The second kappa shape index (κ2) is 9.23. The van der Waals surface area contributed by atoms with Crippen LogP contribution in [0.1, 0.15) is 36.2 Å². The number of fused-ring (bicyclic) bond motifs is 2. The van der Waals surface area contributed by atoms with Gasteiger partial charge in [0.1, 0.15) is 17.8 Å². The Morgan fingerprint density at radius 2 is 2.05 bits per heavy atom. The lowest BCUT2D eigenvalue weighted by atomic mass is 9.97. The number of likely N-dealkylation sites (N-methyl/N-ethyl adjacent to an activating group) is 1. The predicted molar refractivity (Wildman–Crippen MR) is 140 cm³/mol. The normalized spacial score (nSPS) is 22.5. The van der Waals surface area contributed by atoms with Crippen LogP contribution in [-0.4, -0.2) is 68.8 Å². The molecule has 2 N–H and O–H groups in total. The van der Waals surface area contributed by atoms with Gasteiger partial charge in [-0.2, -0.15) is 5.26 Å². The highest BCUT2D eigenvalue weighted by Gasteiger charge is 2.56. The van der Waals surface area contributed by atoms with Gasteiger partial charge in [-0.25, -0.2) is 4.98 Å². The molecule has 11 heteroatoms. The Hall–Kier alpha value is -4.72. The van der Waals surface area contributed by atoms with Gasteiger partial charge < -0.3 is 24.8 Å². The van der Waals surface area contributed by atoms with Crippen LogP contribution in [0, 0.1) is 17.2 Å². The number of ether oxygens (including phenoxy) is 1. The molecule has 3 aromatic rings. The molecular formula is C28H26N6O5. The van der Waals surface area contributed by atoms with E-state index in [0.717, 1.165) is 12.8 Å². The highest BCUT2D eigenvalue weighted by molar-refractivity contribution is 6.02. The first-order chi connectivity index (χ1) is 18.8. The Morgan fingerprint density at radius 1 is 1.26 bits per heavy atom. The number of nitrogens with zero attached hydrogens (tertiary/aromatic N) is 4. The number of rotatable bonds is 5. The van der Waals surface area contributed by atoms with E-state index in [1.807, 2.05) is 0 Å². The highest BCUT2D eigenvalue weighted by Crippen LogP contribution is 2.40. The van der Waals surface area contributed by atoms with E-state index < -0.39 is 41.0 Å². The van der Waals surface area contributed by atoms with Crippen molar-refractivity contribution >= 4 is 34.3 Å². The number of aromatic nitrogens is 2. The lowest BCUT2D eigenvalue weighted by Gasteiger charge is -2.35. The quantitative estimate of drug-likeness (QED) is 0.517. The van der Waals surface area contributed by atoms with E-state index in [1.165, 1.54) is 23.0 Å². The van der Waals surface area contributed by atoms with Crippen LogP contribution in [0.2, 0.25) is 0 Å². The summed E-state index contributed by atoms with van der Waals surface area (Å²) in [5.74, 6) is -0.489. The summed E-state index contributed by atoms with van der Waals surface area (Å²) >= 11 is 0. The van der Waals surface area contributed by atoms with Gasteiger partial charge in [0.15, 0.2) is 11.6 Å². The van der Waals surface area contributed by atoms with Crippen LogP contribution < -0.4 is 15.6 Å². The Balaban J connectivity index is 1.29. The Morgan fingerprint density at radius 3 is 2.82 bits per heavy atom. The van der Waals surface area contributed by atoms with Crippen molar-refractivity contribution in [1.82, 2.24) is 19.8 Å². The number of likely N-dealkylation sites (tertiary alicyclic amines) is 1. The predicted octanol–water partition coefficient (Wildman–Crippen LogP) is 2.06. The molecule has 4 heterocycles. The maximum absolute atomic E-state index is 14.0. The number of anilines is 1. The van der Waals surface area contributed by atoms with E-state index in [1.54, 1.807) is 42.5 Å². The van der Waals surface area contributed by atoms with E-state index in [2.05, 4.69) is 21.4 Å². The van der Waals surface area contributed by atoms with E-state index >= 15 is 0 Å². The minimum Gasteiger partial charge on any atom is -0.472 e. The zero-order valence-corrected chi connectivity index (χ0v) is 21.2. The number of nitriles is 1. The Kier molecular flexibility index (Phi) is 5.83. The molecule has 0 unspecified atom stereocenters. The summed E-state index contributed by atoms with van der Waals surface area (Å²) in [7, 11) is 1.53. The summed E-state index contributed by atoms with van der Waals surface area (Å²) in [6.07, 6.45) is 3.82. The second-order valence-electron chi connectivity index (χ2n) is 10.4. The smallest absolute Gasteiger partial charge is 0.271 e. The standard InChI is InChI=1S/C28H26N6O5/c1-33(25(36)20-12-17-5-2-3-6-19(17)24(35)31-20)21(11-16-8-9-16)26(37)34-15-28(13-18(34)14-29)27(38)32-23-22(39-28)7-4-10-30-23/h2-7,10,12,16,18,21H,8-9,11,13,15H2,1H3,(H,31,35)(H,30,32,38)/t18-,21-,28+/m0/s1. The third-order valence-corrected chi connectivity index (χ3v) is 7.79. The van der Waals surface area contributed by atoms with Crippen molar-refractivity contribution in [2.45, 2.75) is 43.4 Å². The second-order valence-corrected chi connectivity index (χ2v) is 10.4. The number of hydrogen-bond donors (Lipinski definition) is 2. The van der Waals surface area contributed by atoms with Gasteiger partial charge in [-0.15, -0.1) is 0 Å². The maximum Gasteiger partial charge on any atom is 0.271 e. The topological polar surface area (TPSA) is 148 Å². The summed E-state index contributed by atoms with van der Waals surface area (Å²) in [6.45, 7) is -0.139. The van der Waals surface area contributed by atoms with Crippen molar-refractivity contribution in [3.05, 3.63) is 64.7 Å². The van der Waals surface area contributed by atoms with Crippen molar-refractivity contribution in [2.24, 2.45) is 5.92 Å². The summed E-state index contributed by atoms with van der Waals surface area (Å²) in [5.41, 5.74) is -1.76. The van der Waals surface area contributed by atoms with Gasteiger partial charge in [0.25, 0.3) is 17.4 Å². The molecule has 39 heavy (non-hydrogen) atoms. The molecule has 0 bridgehead atoms. The first-order valence-corrected chi connectivity index (χ1v) is 12.8. The molecule has 3 atom stereocenters. The molecule has 1 saturated carbocycles. The lowest BCUT2D eigenvalue weighted by molar-refractivity contribution is -0.138. The van der Waals surface area contributed by atoms with Crippen LogP contribution in [0.25, 0.3) is 10.8 Å². The number of nitrogens with one attached hydrogen (secondary N) is 2. The molecule has 2 aromatic heterocycles. The number of amides is 3. The van der Waals surface area contributed by atoms with Crippen LogP contribution in [-0.2, 0) is 9.59 Å². The van der Waals surface area contributed by atoms with Crippen molar-refractivity contribution in [1.29, 1.82) is 5.26 Å². The molecular weight excluding hydrogens is 500 g/mol. The third-order valence-electron chi connectivity index (χ3n) is 7.79. The monoisotopic (exact) mass is 526 g/mol. The van der Waals surface area contributed by atoms with Crippen LogP contribution in [0.3, 0.4) is 0 Å². The van der Waals surface area contributed by atoms with Gasteiger partial charge in [0.05, 0.1) is 12.6 Å². The Labute approximate surface area is 223 Å². The molecule has 0 radical (unpaired) electrons. The van der Waals surface area contributed by atoms with Gasteiger partial charge in [0, 0.05) is 25.1 Å². The van der Waals surface area contributed by atoms with Crippen LogP contribution in [0.5, 0.6) is 5.75 Å². The van der Waals surface area contributed by atoms with Crippen molar-refractivity contribution in [2.75, 3.05) is 18.9 Å². The Bertz CT molecular complexity index is 1610. The first-order valence-electron chi connectivity index (χ1n) is 12.8. The van der Waals surface area contributed by atoms with Crippen LogP contribution in [0.15, 0.2) is 53.5 Å². The molecule has 3 aliphatic rings. The molecule has 1 aliphatic carbocycles. The summed E-state index contributed by atoms with van der Waals surface area (Å²) < 4.78 is 6.07. The summed E-state index contributed by atoms with van der Waals surface area (Å²) in [4.78, 5) is 62.7. The molecule has 1 saturated heterocycles. The van der Waals surface area contributed by atoms with Gasteiger partial charge in [-0.3, -0.25) is 19.2 Å². The SMILES string of the molecule is CN(C(=O)c1cc2ccccc2c(=O)[nH]1)[C@@H](CC1CC1)C(=O)N1C[C@@]2(C[C@H]1C#N)Oc1cccnc1NC2=O. The van der Waals surface area contributed by atoms with Crippen molar-refractivity contribution in [3.8, 4) is 11.8 Å². The molecule has 1 spiro atoms. The van der Waals surface area contributed by atoms with Gasteiger partial charge in [-0.1, -0.05) is 31.0 Å². The van der Waals surface area contributed by atoms with Gasteiger partial charge in [0.2, 0.25) is 11.5 Å². The zero-order valence-electron chi connectivity index (χ0n) is 21.2. The molecule has 2 aliphatic heterocycles. The van der Waals surface area contributed by atoms with Gasteiger partial charge >= 0.3 is 0 Å². The summed E-state index contributed by atoms with van der Waals surface area (Å²) in [5, 5.41) is 13.8. The summed E-state index contributed by atoms with van der Waals surface area (Å²) in [6, 6.07) is 12.2. The van der Waals surface area contributed by atoms with Crippen LogP contribution in [0.4, 0.5) is 5.82 Å². The number of H-pyrrole nitrogens is 1. The fraction of sp³-hybridized carbons (Fsp3) is 0.357. The maximum atomic E-state index is 14.0. The average molecular weight is 527 g/mol. The minimum atomic E-state index is -1.44. The van der Waals surface area contributed by atoms with E-state index in [9.17, 15) is 24.4 Å². The van der Waals surface area contributed by atoms with E-state index in [4.69, 9.17) is 4.74 Å².